The molecule has 1 aromatic carbocycles. The molecule has 92 valence electrons. The number of rotatable bonds is 4. The molecule has 0 saturated carbocycles. The highest BCUT2D eigenvalue weighted by molar-refractivity contribution is 6.32. The van der Waals surface area contributed by atoms with E-state index in [1.165, 1.54) is 12.7 Å². The number of esters is 1. The van der Waals surface area contributed by atoms with Gasteiger partial charge in [0.1, 0.15) is 0 Å². The van der Waals surface area contributed by atoms with Gasteiger partial charge in [-0.25, -0.2) is 4.79 Å². The average Bonchev–Trinajstić information content (AvgIpc) is 2.38. The smallest absolute Gasteiger partial charge is 0.396 e. The summed E-state index contributed by atoms with van der Waals surface area (Å²) in [5.41, 5.74) is 1.22. The summed E-state index contributed by atoms with van der Waals surface area (Å²) in [6, 6.07) is 10.0. The van der Waals surface area contributed by atoms with Crippen molar-refractivity contribution in [1.29, 1.82) is 0 Å². The van der Waals surface area contributed by atoms with Crippen LogP contribution in [0.25, 0.3) is 0 Å². The Labute approximate surface area is 101 Å². The van der Waals surface area contributed by atoms with Crippen LogP contribution in [0, 0.1) is 0 Å². The Bertz CT molecular complexity index is 376. The Morgan fingerprint density at radius 2 is 1.94 bits per heavy atom. The number of carbonyl (C=O) groups is 2. The third kappa shape index (κ3) is 4.26. The third-order valence-corrected chi connectivity index (χ3v) is 2.60. The second kappa shape index (κ2) is 6.68. The highest BCUT2D eigenvalue weighted by atomic mass is 16.5. The summed E-state index contributed by atoms with van der Waals surface area (Å²) in [6.07, 6.45) is 0.784. The predicted molar refractivity (Wildman–Crippen MR) is 64.5 cm³/mol. The van der Waals surface area contributed by atoms with Crippen LogP contribution in [0.1, 0.15) is 24.8 Å². The largest absolute Gasteiger partial charge is 0.462 e. The number of hydrogen-bond acceptors (Lipinski definition) is 3. The molecule has 1 aromatic rings. The van der Waals surface area contributed by atoms with Gasteiger partial charge in [-0.1, -0.05) is 37.3 Å². The van der Waals surface area contributed by atoms with E-state index in [0.29, 0.717) is 12.5 Å². The monoisotopic (exact) mass is 235 g/mol. The topological polar surface area (TPSA) is 55.4 Å². The normalized spacial score (nSPS) is 11.6. The quantitative estimate of drug-likeness (QED) is 0.635. The van der Waals surface area contributed by atoms with Crippen molar-refractivity contribution >= 4 is 11.9 Å². The van der Waals surface area contributed by atoms with Crippen LogP contribution in [0.2, 0.25) is 0 Å². The van der Waals surface area contributed by atoms with E-state index in [1.54, 1.807) is 0 Å². The first-order chi connectivity index (χ1) is 8.15. The minimum absolute atomic E-state index is 0.342. The van der Waals surface area contributed by atoms with Gasteiger partial charge < -0.3 is 10.1 Å². The number of nitrogens with one attached hydrogen (secondary N) is 1. The SMILES string of the molecule is COC(=O)C(=O)NCCC(C)c1ccccc1. The summed E-state index contributed by atoms with van der Waals surface area (Å²) in [5, 5.41) is 2.52. The van der Waals surface area contributed by atoms with Crippen molar-refractivity contribution in [1.82, 2.24) is 5.32 Å². The zero-order chi connectivity index (χ0) is 12.7. The molecule has 0 aliphatic carbocycles. The summed E-state index contributed by atoms with van der Waals surface area (Å²) in [5.74, 6) is -1.20. The fourth-order valence-electron chi connectivity index (χ4n) is 1.52. The van der Waals surface area contributed by atoms with Crippen LogP contribution in [0.15, 0.2) is 30.3 Å². The van der Waals surface area contributed by atoms with Gasteiger partial charge in [0.15, 0.2) is 0 Å². The maximum absolute atomic E-state index is 11.1. The number of benzene rings is 1. The van der Waals surface area contributed by atoms with Crippen LogP contribution in [-0.2, 0) is 14.3 Å². The second-order valence-corrected chi connectivity index (χ2v) is 3.85. The van der Waals surface area contributed by atoms with Gasteiger partial charge in [0.05, 0.1) is 7.11 Å². The van der Waals surface area contributed by atoms with E-state index >= 15 is 0 Å². The van der Waals surface area contributed by atoms with Gasteiger partial charge in [0, 0.05) is 6.54 Å². The summed E-state index contributed by atoms with van der Waals surface area (Å²) in [7, 11) is 1.19. The number of hydrogen-bond donors (Lipinski definition) is 1. The van der Waals surface area contributed by atoms with Crippen molar-refractivity contribution in [3.05, 3.63) is 35.9 Å². The number of ether oxygens (including phenoxy) is 1. The van der Waals surface area contributed by atoms with E-state index in [1.807, 2.05) is 30.3 Å². The molecule has 1 unspecified atom stereocenters. The summed E-state index contributed by atoms with van der Waals surface area (Å²) >= 11 is 0. The van der Waals surface area contributed by atoms with E-state index < -0.39 is 11.9 Å². The van der Waals surface area contributed by atoms with Crippen molar-refractivity contribution < 1.29 is 14.3 Å². The molecule has 0 aliphatic heterocycles. The Morgan fingerprint density at radius 3 is 2.53 bits per heavy atom. The molecular weight excluding hydrogens is 218 g/mol. The average molecular weight is 235 g/mol. The number of carbonyl (C=O) groups excluding carboxylic acids is 2. The van der Waals surface area contributed by atoms with Gasteiger partial charge in [0.25, 0.3) is 0 Å². The van der Waals surface area contributed by atoms with Crippen LogP contribution in [0.4, 0.5) is 0 Å². The second-order valence-electron chi connectivity index (χ2n) is 3.85. The van der Waals surface area contributed by atoms with E-state index in [4.69, 9.17) is 0 Å². The molecular formula is C13H17NO3. The molecule has 0 saturated heterocycles. The highest BCUT2D eigenvalue weighted by Gasteiger charge is 2.13. The zero-order valence-electron chi connectivity index (χ0n) is 10.1. The first-order valence-corrected chi connectivity index (χ1v) is 5.56. The number of methoxy groups -OCH3 is 1. The first kappa shape index (κ1) is 13.2. The van der Waals surface area contributed by atoms with Crippen LogP contribution >= 0.6 is 0 Å². The van der Waals surface area contributed by atoms with Crippen molar-refractivity contribution in [3.8, 4) is 0 Å². The van der Waals surface area contributed by atoms with Crippen LogP contribution in [0.3, 0.4) is 0 Å². The molecule has 0 fully saturated rings. The van der Waals surface area contributed by atoms with Gasteiger partial charge in [-0.05, 0) is 17.9 Å². The Hall–Kier alpha value is -1.84. The first-order valence-electron chi connectivity index (χ1n) is 5.56. The molecule has 0 radical (unpaired) electrons. The molecule has 0 heterocycles. The standard InChI is InChI=1S/C13H17NO3/c1-10(11-6-4-3-5-7-11)8-9-14-12(15)13(16)17-2/h3-7,10H,8-9H2,1-2H3,(H,14,15). The maximum atomic E-state index is 11.1. The molecule has 0 bridgehead atoms. The van der Waals surface area contributed by atoms with Gasteiger partial charge in [-0.3, -0.25) is 4.79 Å². The summed E-state index contributed by atoms with van der Waals surface area (Å²) < 4.78 is 4.30. The van der Waals surface area contributed by atoms with Crippen molar-refractivity contribution in [2.24, 2.45) is 0 Å². The van der Waals surface area contributed by atoms with Gasteiger partial charge >= 0.3 is 11.9 Å². The van der Waals surface area contributed by atoms with Gasteiger partial charge in [0.2, 0.25) is 0 Å². The molecule has 17 heavy (non-hydrogen) atoms. The molecule has 1 rings (SSSR count). The van der Waals surface area contributed by atoms with E-state index in [-0.39, 0.29) is 0 Å². The fourth-order valence-corrected chi connectivity index (χ4v) is 1.52. The van der Waals surface area contributed by atoms with E-state index in [2.05, 4.69) is 17.0 Å². The Morgan fingerprint density at radius 1 is 1.29 bits per heavy atom. The minimum Gasteiger partial charge on any atom is -0.462 e. The molecule has 4 heteroatoms. The molecule has 0 aliphatic rings. The van der Waals surface area contributed by atoms with Gasteiger partial charge in [-0.2, -0.15) is 0 Å². The van der Waals surface area contributed by atoms with Crippen LogP contribution in [-0.4, -0.2) is 25.5 Å². The lowest BCUT2D eigenvalue weighted by Gasteiger charge is -2.11. The maximum Gasteiger partial charge on any atom is 0.396 e. The van der Waals surface area contributed by atoms with Crippen LogP contribution < -0.4 is 5.32 Å². The highest BCUT2D eigenvalue weighted by Crippen LogP contribution is 2.17. The number of amides is 1. The van der Waals surface area contributed by atoms with Gasteiger partial charge in [-0.15, -0.1) is 0 Å². The van der Waals surface area contributed by atoms with E-state index in [0.717, 1.165) is 6.42 Å². The lowest BCUT2D eigenvalue weighted by molar-refractivity contribution is -0.152. The predicted octanol–water partition coefficient (Wildman–Crippen LogP) is 1.47. The zero-order valence-corrected chi connectivity index (χ0v) is 10.1. The summed E-state index contributed by atoms with van der Waals surface area (Å²) in [4.78, 5) is 21.9. The third-order valence-electron chi connectivity index (χ3n) is 2.60. The molecule has 1 N–H and O–H groups in total. The van der Waals surface area contributed by atoms with Crippen LogP contribution in [0.5, 0.6) is 0 Å². The molecule has 0 spiro atoms. The minimum atomic E-state index is -0.850. The molecule has 0 aromatic heterocycles. The Kier molecular flexibility index (Phi) is 5.20. The summed E-state index contributed by atoms with van der Waals surface area (Å²) in [6.45, 7) is 2.55. The molecule has 1 amide bonds. The Balaban J connectivity index is 2.32. The molecule has 1 atom stereocenters. The lowest BCUT2D eigenvalue weighted by atomic mass is 9.98. The van der Waals surface area contributed by atoms with Crippen molar-refractivity contribution in [2.45, 2.75) is 19.3 Å². The van der Waals surface area contributed by atoms with E-state index in [9.17, 15) is 9.59 Å². The lowest BCUT2D eigenvalue weighted by Crippen LogP contribution is -2.32. The van der Waals surface area contributed by atoms with Crippen molar-refractivity contribution in [3.63, 3.8) is 0 Å². The van der Waals surface area contributed by atoms with Crippen molar-refractivity contribution in [2.75, 3.05) is 13.7 Å². The molecule has 4 nitrogen and oxygen atoms in total. The fraction of sp³-hybridized carbons (Fsp3) is 0.385.